The van der Waals surface area contributed by atoms with Gasteiger partial charge in [0.05, 0.1) is 0 Å². The molecule has 0 radical (unpaired) electrons. The van der Waals surface area contributed by atoms with Gasteiger partial charge in [-0.1, -0.05) is 22.0 Å². The van der Waals surface area contributed by atoms with Gasteiger partial charge in [0.15, 0.2) is 0 Å². The van der Waals surface area contributed by atoms with E-state index in [1.54, 1.807) is 0 Å². The van der Waals surface area contributed by atoms with Crippen LogP contribution in [0.4, 0.5) is 5.69 Å². The summed E-state index contributed by atoms with van der Waals surface area (Å²) in [6, 6.07) is 7.37. The van der Waals surface area contributed by atoms with Crippen LogP contribution < -0.4 is 4.90 Å². The van der Waals surface area contributed by atoms with E-state index in [4.69, 9.17) is 0 Å². The Bertz CT molecular complexity index is 403. The lowest BCUT2D eigenvalue weighted by molar-refractivity contribution is -0.133. The zero-order valence-corrected chi connectivity index (χ0v) is 8.95. The fraction of sp³-hybridized carbons (Fsp3) is 0.200. The Hall–Kier alpha value is -1.16. The van der Waals surface area contributed by atoms with Crippen LogP contribution in [0.2, 0.25) is 0 Å². The molecule has 0 unspecified atom stereocenters. The lowest BCUT2D eigenvalue weighted by Crippen LogP contribution is -2.26. The van der Waals surface area contributed by atoms with Gasteiger partial charge in [-0.25, -0.2) is 0 Å². The number of Topliss-reactive ketones (excluding diaryl/α,β-unsaturated/α-hetero) is 1. The van der Waals surface area contributed by atoms with Gasteiger partial charge in [0, 0.05) is 23.1 Å². The number of carbonyl (C=O) groups is 2. The summed E-state index contributed by atoms with van der Waals surface area (Å²) in [6.07, 6.45) is 0.325. The minimum absolute atomic E-state index is 0.301. The molecule has 4 heteroatoms. The third-order valence-corrected chi connectivity index (χ3v) is 2.66. The molecule has 0 saturated carbocycles. The van der Waals surface area contributed by atoms with Crippen LogP contribution in [0.3, 0.4) is 0 Å². The summed E-state index contributed by atoms with van der Waals surface area (Å²) in [5, 5.41) is 0. The van der Waals surface area contributed by atoms with Gasteiger partial charge in [-0.2, -0.15) is 0 Å². The highest BCUT2D eigenvalue weighted by Crippen LogP contribution is 2.22. The second kappa shape index (κ2) is 3.53. The Balaban J connectivity index is 2.32. The number of nitrogens with zero attached hydrogens (tertiary/aromatic N) is 1. The molecule has 1 fully saturated rings. The van der Waals surface area contributed by atoms with Gasteiger partial charge in [0.1, 0.15) is 0 Å². The first-order valence-electron chi connectivity index (χ1n) is 4.29. The van der Waals surface area contributed by atoms with Crippen LogP contribution in [0.5, 0.6) is 0 Å². The topological polar surface area (TPSA) is 37.4 Å². The second-order valence-electron chi connectivity index (χ2n) is 3.11. The van der Waals surface area contributed by atoms with Crippen molar-refractivity contribution in [1.82, 2.24) is 0 Å². The molecular formula is C10H8BrNO2. The van der Waals surface area contributed by atoms with E-state index in [0.717, 1.165) is 10.2 Å². The molecule has 1 aliphatic heterocycles. The molecule has 3 nitrogen and oxygen atoms in total. The number of benzene rings is 1. The second-order valence-corrected chi connectivity index (χ2v) is 4.03. The Morgan fingerprint density at radius 3 is 2.64 bits per heavy atom. The number of anilines is 1. The van der Waals surface area contributed by atoms with Crippen molar-refractivity contribution in [3.05, 3.63) is 28.7 Å². The molecule has 1 heterocycles. The predicted octanol–water partition coefficient (Wildman–Crippen LogP) is 1.75. The van der Waals surface area contributed by atoms with E-state index in [1.165, 1.54) is 4.90 Å². The monoisotopic (exact) mass is 253 g/mol. The van der Waals surface area contributed by atoms with Gasteiger partial charge in [-0.05, 0) is 18.2 Å². The third kappa shape index (κ3) is 1.57. The largest absolute Gasteiger partial charge is 0.305 e. The summed E-state index contributed by atoms with van der Waals surface area (Å²) in [6.45, 7) is 0.494. The number of ketones is 1. The molecular weight excluding hydrogens is 246 g/mol. The average molecular weight is 254 g/mol. The molecule has 0 bridgehead atoms. The van der Waals surface area contributed by atoms with Crippen molar-refractivity contribution in [2.75, 3.05) is 11.4 Å². The molecule has 1 aliphatic rings. The molecule has 1 saturated heterocycles. The summed E-state index contributed by atoms with van der Waals surface area (Å²) in [4.78, 5) is 23.9. The highest BCUT2D eigenvalue weighted by Gasteiger charge is 2.30. The molecule has 0 atom stereocenters. The Kier molecular flexibility index (Phi) is 2.37. The normalized spacial score (nSPS) is 16.5. The molecule has 1 aromatic carbocycles. The van der Waals surface area contributed by atoms with Crippen molar-refractivity contribution < 1.29 is 9.59 Å². The first-order valence-corrected chi connectivity index (χ1v) is 5.08. The average Bonchev–Trinajstić information content (AvgIpc) is 2.48. The maximum Gasteiger partial charge on any atom is 0.294 e. The maximum absolute atomic E-state index is 11.4. The number of hydrogen-bond donors (Lipinski definition) is 0. The van der Waals surface area contributed by atoms with Gasteiger partial charge in [-0.3, -0.25) is 9.59 Å². The summed E-state index contributed by atoms with van der Waals surface area (Å²) >= 11 is 3.32. The van der Waals surface area contributed by atoms with Crippen molar-refractivity contribution >= 4 is 33.3 Å². The number of rotatable bonds is 1. The lowest BCUT2D eigenvalue weighted by Gasteiger charge is -2.14. The van der Waals surface area contributed by atoms with Crippen molar-refractivity contribution in [2.24, 2.45) is 0 Å². The van der Waals surface area contributed by atoms with Crippen molar-refractivity contribution in [2.45, 2.75) is 6.42 Å². The standard InChI is InChI=1S/C10H8BrNO2/c11-7-2-1-3-8(6-7)12-5-4-9(13)10(12)14/h1-3,6H,4-5H2. The van der Waals surface area contributed by atoms with E-state index in [1.807, 2.05) is 24.3 Å². The first kappa shape index (κ1) is 9.40. The van der Waals surface area contributed by atoms with E-state index in [0.29, 0.717) is 13.0 Å². The summed E-state index contributed by atoms with van der Waals surface area (Å²) in [5.41, 5.74) is 0.773. The third-order valence-electron chi connectivity index (χ3n) is 2.17. The number of amides is 1. The van der Waals surface area contributed by atoms with Gasteiger partial charge in [-0.15, -0.1) is 0 Å². The van der Waals surface area contributed by atoms with E-state index < -0.39 is 5.91 Å². The number of carbonyl (C=O) groups excluding carboxylic acids is 2. The van der Waals surface area contributed by atoms with Gasteiger partial charge >= 0.3 is 0 Å². The smallest absolute Gasteiger partial charge is 0.294 e. The van der Waals surface area contributed by atoms with Crippen LogP contribution in [0.1, 0.15) is 6.42 Å². The number of hydrogen-bond acceptors (Lipinski definition) is 2. The summed E-state index contributed by atoms with van der Waals surface area (Å²) in [5.74, 6) is -0.701. The van der Waals surface area contributed by atoms with Gasteiger partial charge in [0.2, 0.25) is 5.78 Å². The van der Waals surface area contributed by atoms with Crippen LogP contribution in [-0.2, 0) is 9.59 Å². The SMILES string of the molecule is O=C1CCN(c2cccc(Br)c2)C1=O. The van der Waals surface area contributed by atoms with E-state index in [9.17, 15) is 9.59 Å². The zero-order valence-electron chi connectivity index (χ0n) is 7.37. The molecule has 0 aliphatic carbocycles. The van der Waals surface area contributed by atoms with Crippen LogP contribution in [0, 0.1) is 0 Å². The quantitative estimate of drug-likeness (QED) is 0.716. The van der Waals surface area contributed by atoms with E-state index in [2.05, 4.69) is 15.9 Å². The van der Waals surface area contributed by atoms with Crippen molar-refractivity contribution in [3.63, 3.8) is 0 Å². The van der Waals surface area contributed by atoms with E-state index in [-0.39, 0.29) is 5.78 Å². The minimum Gasteiger partial charge on any atom is -0.305 e. The predicted molar refractivity (Wildman–Crippen MR) is 56.1 cm³/mol. The van der Waals surface area contributed by atoms with Gasteiger partial charge < -0.3 is 4.90 Å². The minimum atomic E-state index is -0.400. The Morgan fingerprint density at radius 1 is 1.29 bits per heavy atom. The highest BCUT2D eigenvalue weighted by molar-refractivity contribution is 9.10. The molecule has 1 aromatic rings. The molecule has 2 rings (SSSR count). The van der Waals surface area contributed by atoms with E-state index >= 15 is 0 Å². The summed E-state index contributed by atoms with van der Waals surface area (Å²) in [7, 11) is 0. The first-order chi connectivity index (χ1) is 6.68. The van der Waals surface area contributed by atoms with Crippen LogP contribution in [0.25, 0.3) is 0 Å². The maximum atomic E-state index is 11.4. The molecule has 1 amide bonds. The fourth-order valence-corrected chi connectivity index (χ4v) is 1.85. The van der Waals surface area contributed by atoms with Crippen LogP contribution >= 0.6 is 15.9 Å². The Morgan fingerprint density at radius 2 is 2.07 bits per heavy atom. The fourth-order valence-electron chi connectivity index (χ4n) is 1.46. The number of halogens is 1. The lowest BCUT2D eigenvalue weighted by atomic mass is 10.3. The molecule has 0 spiro atoms. The van der Waals surface area contributed by atoms with Crippen LogP contribution in [-0.4, -0.2) is 18.2 Å². The highest BCUT2D eigenvalue weighted by atomic mass is 79.9. The Labute approximate surface area is 89.8 Å². The van der Waals surface area contributed by atoms with Gasteiger partial charge in [0.25, 0.3) is 5.91 Å². The molecule has 14 heavy (non-hydrogen) atoms. The molecule has 0 aromatic heterocycles. The molecule has 0 N–H and O–H groups in total. The molecule has 72 valence electrons. The van der Waals surface area contributed by atoms with Crippen molar-refractivity contribution in [3.8, 4) is 0 Å². The van der Waals surface area contributed by atoms with Crippen LogP contribution in [0.15, 0.2) is 28.7 Å². The van der Waals surface area contributed by atoms with Crippen molar-refractivity contribution in [1.29, 1.82) is 0 Å². The zero-order chi connectivity index (χ0) is 10.1. The summed E-state index contributed by atoms with van der Waals surface area (Å²) < 4.78 is 0.905.